The number of hydrogen-bond acceptors (Lipinski definition) is 4. The number of nitrogens with two attached hydrogens (primary N) is 1. The average molecular weight is 339 g/mol. The van der Waals surface area contributed by atoms with Gasteiger partial charge in [-0.2, -0.15) is 0 Å². The Labute approximate surface area is 138 Å². The zero-order valence-electron chi connectivity index (χ0n) is 13.5. The van der Waals surface area contributed by atoms with Gasteiger partial charge in [0.25, 0.3) is 0 Å². The first-order chi connectivity index (χ1) is 10.8. The molecule has 1 amide bonds. The number of benzene rings is 1. The molecule has 1 aliphatic heterocycles. The molecular weight excluding hydrogens is 314 g/mol. The van der Waals surface area contributed by atoms with Crippen LogP contribution in [0.5, 0.6) is 0 Å². The maximum Gasteiger partial charge on any atom is 0.237 e. The van der Waals surface area contributed by atoms with Crippen molar-refractivity contribution in [3.05, 3.63) is 35.4 Å². The number of carbonyl (C=O) groups excluding carboxylic acids is 1. The maximum absolute atomic E-state index is 12.4. The molecule has 2 rings (SSSR count). The lowest BCUT2D eigenvalue weighted by molar-refractivity contribution is -0.127. The van der Waals surface area contributed by atoms with Crippen LogP contribution in [0.1, 0.15) is 30.4 Å². The van der Waals surface area contributed by atoms with Crippen LogP contribution in [0, 0.1) is 6.92 Å². The second-order valence-corrected chi connectivity index (χ2v) is 7.86. The Bertz CT molecular complexity index is 646. The van der Waals surface area contributed by atoms with Crippen LogP contribution in [-0.2, 0) is 21.4 Å². The fraction of sp³-hybridized carbons (Fsp3) is 0.562. The fourth-order valence-electron chi connectivity index (χ4n) is 2.96. The van der Waals surface area contributed by atoms with Gasteiger partial charge in [0, 0.05) is 13.1 Å². The molecule has 0 bridgehead atoms. The average Bonchev–Trinajstić information content (AvgIpc) is 2.46. The highest BCUT2D eigenvalue weighted by atomic mass is 32.2. The van der Waals surface area contributed by atoms with E-state index in [1.54, 1.807) is 0 Å². The molecule has 1 fully saturated rings. The number of carbonyl (C=O) groups is 1. The second kappa shape index (κ2) is 7.90. The molecule has 1 saturated heterocycles. The number of nitrogens with one attached hydrogen (secondary N) is 1. The number of nitrogens with zero attached hydrogens (tertiary/aromatic N) is 1. The van der Waals surface area contributed by atoms with E-state index in [4.69, 9.17) is 5.14 Å². The molecule has 1 heterocycles. The third-order valence-corrected chi connectivity index (χ3v) is 4.84. The Morgan fingerprint density at radius 2 is 2.17 bits per heavy atom. The number of aryl methyl sites for hydroxylation is 1. The number of hydrogen-bond donors (Lipinski definition) is 2. The maximum atomic E-state index is 12.4. The number of sulfonamides is 1. The molecule has 0 radical (unpaired) electrons. The van der Waals surface area contributed by atoms with Crippen molar-refractivity contribution in [2.45, 2.75) is 38.8 Å². The molecule has 7 heteroatoms. The number of primary sulfonamides is 1. The van der Waals surface area contributed by atoms with E-state index in [9.17, 15) is 13.2 Å². The third-order valence-electron chi connectivity index (χ3n) is 4.07. The van der Waals surface area contributed by atoms with E-state index in [-0.39, 0.29) is 24.2 Å². The molecule has 1 aromatic rings. The van der Waals surface area contributed by atoms with Crippen molar-refractivity contribution >= 4 is 15.9 Å². The van der Waals surface area contributed by atoms with Gasteiger partial charge in [0.2, 0.25) is 15.9 Å². The lowest BCUT2D eigenvalue weighted by atomic mass is 10.00. The van der Waals surface area contributed by atoms with Crippen LogP contribution in [0.25, 0.3) is 0 Å². The lowest BCUT2D eigenvalue weighted by Crippen LogP contribution is -2.49. The van der Waals surface area contributed by atoms with E-state index < -0.39 is 10.0 Å². The number of rotatable bonds is 6. The summed E-state index contributed by atoms with van der Waals surface area (Å²) in [6.07, 6.45) is 2.89. The monoisotopic (exact) mass is 339 g/mol. The molecule has 128 valence electrons. The molecule has 0 aromatic heterocycles. The first kappa shape index (κ1) is 17.9. The van der Waals surface area contributed by atoms with Crippen molar-refractivity contribution in [1.29, 1.82) is 0 Å². The number of amides is 1. The molecule has 0 aliphatic carbocycles. The summed E-state index contributed by atoms with van der Waals surface area (Å²) in [6, 6.07) is 8.07. The zero-order valence-corrected chi connectivity index (χ0v) is 14.3. The molecule has 3 N–H and O–H groups in total. The van der Waals surface area contributed by atoms with E-state index in [0.29, 0.717) is 0 Å². The van der Waals surface area contributed by atoms with Crippen LogP contribution in [0.3, 0.4) is 0 Å². The van der Waals surface area contributed by atoms with Crippen molar-refractivity contribution in [3.63, 3.8) is 0 Å². The molecule has 23 heavy (non-hydrogen) atoms. The summed E-state index contributed by atoms with van der Waals surface area (Å²) in [5.74, 6) is -0.343. The molecule has 1 aromatic carbocycles. The molecule has 0 spiro atoms. The largest absolute Gasteiger partial charge is 0.354 e. The first-order valence-electron chi connectivity index (χ1n) is 7.93. The number of likely N-dealkylation sites (tertiary alicyclic amines) is 1. The minimum atomic E-state index is -3.55. The van der Waals surface area contributed by atoms with Gasteiger partial charge in [0.15, 0.2) is 0 Å². The molecule has 1 aliphatic rings. The van der Waals surface area contributed by atoms with Crippen LogP contribution in [0.15, 0.2) is 24.3 Å². The minimum Gasteiger partial charge on any atom is -0.354 e. The highest BCUT2D eigenvalue weighted by Crippen LogP contribution is 2.20. The zero-order chi connectivity index (χ0) is 16.9. The fourth-order valence-corrected chi connectivity index (χ4v) is 3.34. The van der Waals surface area contributed by atoms with Crippen molar-refractivity contribution in [1.82, 2.24) is 10.2 Å². The van der Waals surface area contributed by atoms with Gasteiger partial charge in [-0.15, -0.1) is 0 Å². The van der Waals surface area contributed by atoms with Crippen LogP contribution in [-0.4, -0.2) is 44.1 Å². The number of piperidine rings is 1. The van der Waals surface area contributed by atoms with E-state index in [0.717, 1.165) is 32.4 Å². The summed E-state index contributed by atoms with van der Waals surface area (Å²) < 4.78 is 21.9. The van der Waals surface area contributed by atoms with Gasteiger partial charge in [-0.05, 0) is 31.9 Å². The van der Waals surface area contributed by atoms with Gasteiger partial charge in [0.05, 0.1) is 11.8 Å². The Morgan fingerprint density at radius 3 is 2.87 bits per heavy atom. The third kappa shape index (κ3) is 5.93. The Hall–Kier alpha value is -1.44. The SMILES string of the molecule is Cc1cccc(CN2CCCC[C@H]2C(=O)NCCS(N)(=O)=O)c1. The van der Waals surface area contributed by atoms with Crippen LogP contribution < -0.4 is 10.5 Å². The van der Waals surface area contributed by atoms with E-state index in [1.807, 2.05) is 6.07 Å². The first-order valence-corrected chi connectivity index (χ1v) is 9.64. The topological polar surface area (TPSA) is 92.5 Å². The van der Waals surface area contributed by atoms with Crippen LogP contribution in [0.2, 0.25) is 0 Å². The highest BCUT2D eigenvalue weighted by molar-refractivity contribution is 7.89. The van der Waals surface area contributed by atoms with Gasteiger partial charge in [-0.3, -0.25) is 9.69 Å². The molecule has 0 unspecified atom stereocenters. The Kier molecular flexibility index (Phi) is 6.15. The lowest BCUT2D eigenvalue weighted by Gasteiger charge is -2.34. The second-order valence-electron chi connectivity index (χ2n) is 6.13. The van der Waals surface area contributed by atoms with Gasteiger partial charge in [0.1, 0.15) is 0 Å². The summed E-state index contributed by atoms with van der Waals surface area (Å²) in [7, 11) is -3.55. The molecular formula is C16H25N3O3S. The molecule has 0 saturated carbocycles. The summed E-state index contributed by atoms with van der Waals surface area (Å²) >= 11 is 0. The molecule has 6 nitrogen and oxygen atoms in total. The van der Waals surface area contributed by atoms with E-state index >= 15 is 0 Å². The van der Waals surface area contributed by atoms with Gasteiger partial charge >= 0.3 is 0 Å². The predicted molar refractivity (Wildman–Crippen MR) is 90.2 cm³/mol. The van der Waals surface area contributed by atoms with Crippen LogP contribution in [0.4, 0.5) is 0 Å². The normalized spacial score (nSPS) is 19.5. The van der Waals surface area contributed by atoms with Crippen molar-refractivity contribution in [2.24, 2.45) is 5.14 Å². The summed E-state index contributed by atoms with van der Waals surface area (Å²) in [5.41, 5.74) is 2.39. The van der Waals surface area contributed by atoms with Crippen LogP contribution >= 0.6 is 0 Å². The van der Waals surface area contributed by atoms with Gasteiger partial charge in [-0.25, -0.2) is 13.6 Å². The van der Waals surface area contributed by atoms with Crippen molar-refractivity contribution in [2.75, 3.05) is 18.8 Å². The van der Waals surface area contributed by atoms with Crippen molar-refractivity contribution in [3.8, 4) is 0 Å². The van der Waals surface area contributed by atoms with E-state index in [2.05, 4.69) is 35.3 Å². The van der Waals surface area contributed by atoms with Gasteiger partial charge < -0.3 is 5.32 Å². The Balaban J connectivity index is 1.96. The van der Waals surface area contributed by atoms with E-state index in [1.165, 1.54) is 11.1 Å². The highest BCUT2D eigenvalue weighted by Gasteiger charge is 2.28. The quantitative estimate of drug-likeness (QED) is 0.800. The summed E-state index contributed by atoms with van der Waals surface area (Å²) in [6.45, 7) is 3.72. The summed E-state index contributed by atoms with van der Waals surface area (Å²) in [4.78, 5) is 14.5. The smallest absolute Gasteiger partial charge is 0.237 e. The standard InChI is InChI=1S/C16H25N3O3S/c1-13-5-4-6-14(11-13)12-19-9-3-2-7-15(19)16(20)18-8-10-23(17,21)22/h4-6,11,15H,2-3,7-10,12H2,1H3,(H,18,20)(H2,17,21,22)/t15-/m0/s1. The van der Waals surface area contributed by atoms with Crippen molar-refractivity contribution < 1.29 is 13.2 Å². The Morgan fingerprint density at radius 1 is 1.39 bits per heavy atom. The predicted octanol–water partition coefficient (Wildman–Crippen LogP) is 0.754. The minimum absolute atomic E-state index is 0.0620. The summed E-state index contributed by atoms with van der Waals surface area (Å²) in [5, 5.41) is 7.65. The van der Waals surface area contributed by atoms with Gasteiger partial charge in [-0.1, -0.05) is 36.2 Å². The molecule has 1 atom stereocenters.